The van der Waals surface area contributed by atoms with Gasteiger partial charge in [0.1, 0.15) is 11.5 Å². The van der Waals surface area contributed by atoms with Crippen molar-refractivity contribution >= 4 is 0 Å². The van der Waals surface area contributed by atoms with Crippen molar-refractivity contribution in [1.29, 1.82) is 0 Å². The fourth-order valence-corrected chi connectivity index (χ4v) is 4.18. The largest absolute Gasteiger partial charge is 0.508 e. The molecule has 0 aromatic heterocycles. The van der Waals surface area contributed by atoms with Gasteiger partial charge in [-0.25, -0.2) is 0 Å². The van der Waals surface area contributed by atoms with Gasteiger partial charge in [0.05, 0.1) is 0 Å². The molecule has 0 amide bonds. The third-order valence-electron chi connectivity index (χ3n) is 5.58. The minimum Gasteiger partial charge on any atom is -0.508 e. The number of benzene rings is 2. The fraction of sp³-hybridized carbons (Fsp3) is 0.538. The molecule has 0 aliphatic rings. The summed E-state index contributed by atoms with van der Waals surface area (Å²) in [5.74, 6) is 0.631. The summed E-state index contributed by atoms with van der Waals surface area (Å²) < 4.78 is 0. The molecule has 0 aliphatic heterocycles. The van der Waals surface area contributed by atoms with E-state index in [2.05, 4.69) is 60.6 Å². The van der Waals surface area contributed by atoms with Crippen LogP contribution >= 0.6 is 0 Å². The lowest BCUT2D eigenvalue weighted by molar-refractivity contribution is 0.436. The van der Waals surface area contributed by atoms with E-state index in [1.54, 1.807) is 12.1 Å². The molecule has 0 saturated heterocycles. The summed E-state index contributed by atoms with van der Waals surface area (Å²) in [6.07, 6.45) is 4.27. The van der Waals surface area contributed by atoms with E-state index >= 15 is 0 Å². The minimum absolute atomic E-state index is 0.0302. The van der Waals surface area contributed by atoms with Gasteiger partial charge < -0.3 is 10.2 Å². The molecule has 2 heteroatoms. The lowest BCUT2D eigenvalue weighted by Gasteiger charge is -2.32. The summed E-state index contributed by atoms with van der Waals surface area (Å²) in [7, 11) is 0. The SMILES string of the molecule is CCCCCC(c1c(O)cccc1C(C)(C)C)c1c(O)cccc1C(C)(C)C. The Kier molecular flexibility index (Phi) is 6.85. The monoisotopic (exact) mass is 382 g/mol. The number of phenols is 2. The van der Waals surface area contributed by atoms with Crippen molar-refractivity contribution in [2.75, 3.05) is 0 Å². The Morgan fingerprint density at radius 2 is 1.14 bits per heavy atom. The Morgan fingerprint density at radius 1 is 0.714 bits per heavy atom. The Labute approximate surface area is 171 Å². The van der Waals surface area contributed by atoms with Crippen molar-refractivity contribution in [2.24, 2.45) is 0 Å². The van der Waals surface area contributed by atoms with Crippen LogP contribution in [0.5, 0.6) is 11.5 Å². The lowest BCUT2D eigenvalue weighted by atomic mass is 9.72. The second-order valence-electron chi connectivity index (χ2n) is 10.0. The van der Waals surface area contributed by atoms with E-state index in [-0.39, 0.29) is 16.7 Å². The number of unbranched alkanes of at least 4 members (excludes halogenated alkanes) is 2. The van der Waals surface area contributed by atoms with Crippen LogP contribution in [0.4, 0.5) is 0 Å². The van der Waals surface area contributed by atoms with Crippen LogP contribution in [-0.4, -0.2) is 10.2 Å². The molecule has 2 N–H and O–H groups in total. The quantitative estimate of drug-likeness (QED) is 0.511. The van der Waals surface area contributed by atoms with Gasteiger partial charge >= 0.3 is 0 Å². The molecule has 0 heterocycles. The van der Waals surface area contributed by atoms with Crippen molar-refractivity contribution in [1.82, 2.24) is 0 Å². The first-order chi connectivity index (χ1) is 13.0. The van der Waals surface area contributed by atoms with Crippen molar-refractivity contribution in [2.45, 2.75) is 90.9 Å². The van der Waals surface area contributed by atoms with E-state index in [4.69, 9.17) is 0 Å². The Bertz CT molecular complexity index is 728. The summed E-state index contributed by atoms with van der Waals surface area (Å²) in [6.45, 7) is 15.3. The highest BCUT2D eigenvalue weighted by Gasteiger charge is 2.31. The summed E-state index contributed by atoms with van der Waals surface area (Å²) in [4.78, 5) is 0. The van der Waals surface area contributed by atoms with E-state index in [1.807, 2.05) is 12.1 Å². The zero-order valence-electron chi connectivity index (χ0n) is 18.8. The average molecular weight is 383 g/mol. The summed E-state index contributed by atoms with van der Waals surface area (Å²) >= 11 is 0. The third-order valence-corrected chi connectivity index (χ3v) is 5.58. The summed E-state index contributed by atoms with van der Waals surface area (Å²) in [5.41, 5.74) is 4.05. The summed E-state index contributed by atoms with van der Waals surface area (Å²) in [6, 6.07) is 11.7. The van der Waals surface area contributed by atoms with Crippen LogP contribution in [0.2, 0.25) is 0 Å². The number of hydrogen-bond acceptors (Lipinski definition) is 2. The average Bonchev–Trinajstić information content (AvgIpc) is 2.58. The molecular weight excluding hydrogens is 344 g/mol. The number of phenolic OH excluding ortho intramolecular Hbond substituents is 2. The maximum atomic E-state index is 10.9. The zero-order chi connectivity index (χ0) is 21.1. The van der Waals surface area contributed by atoms with Crippen LogP contribution in [0, 0.1) is 0 Å². The van der Waals surface area contributed by atoms with Gasteiger partial charge in [-0.1, -0.05) is 92.0 Å². The molecule has 0 spiro atoms. The first-order valence-corrected chi connectivity index (χ1v) is 10.6. The zero-order valence-corrected chi connectivity index (χ0v) is 18.8. The number of hydrogen-bond donors (Lipinski definition) is 2. The summed E-state index contributed by atoms with van der Waals surface area (Å²) in [5, 5.41) is 21.9. The molecule has 0 aliphatic carbocycles. The molecule has 2 rings (SSSR count). The molecule has 0 saturated carbocycles. The van der Waals surface area contributed by atoms with Gasteiger partial charge in [0.2, 0.25) is 0 Å². The molecule has 28 heavy (non-hydrogen) atoms. The molecule has 0 fully saturated rings. The van der Waals surface area contributed by atoms with Crippen LogP contribution in [-0.2, 0) is 10.8 Å². The molecule has 2 nitrogen and oxygen atoms in total. The predicted molar refractivity (Wildman–Crippen MR) is 120 cm³/mol. The molecule has 154 valence electrons. The maximum absolute atomic E-state index is 10.9. The number of rotatable bonds is 6. The second-order valence-corrected chi connectivity index (χ2v) is 10.0. The molecule has 0 radical (unpaired) electrons. The van der Waals surface area contributed by atoms with Crippen molar-refractivity contribution in [3.05, 3.63) is 58.7 Å². The normalized spacial score (nSPS) is 12.6. The van der Waals surface area contributed by atoms with Crippen molar-refractivity contribution in [3.8, 4) is 11.5 Å². The highest BCUT2D eigenvalue weighted by Crippen LogP contribution is 2.47. The van der Waals surface area contributed by atoms with Crippen molar-refractivity contribution < 1.29 is 10.2 Å². The molecule has 0 unspecified atom stereocenters. The Hall–Kier alpha value is -1.96. The lowest BCUT2D eigenvalue weighted by Crippen LogP contribution is -2.20. The van der Waals surface area contributed by atoms with E-state index in [0.717, 1.165) is 47.9 Å². The van der Waals surface area contributed by atoms with Gasteiger partial charge in [-0.15, -0.1) is 0 Å². The highest BCUT2D eigenvalue weighted by molar-refractivity contribution is 5.55. The highest BCUT2D eigenvalue weighted by atomic mass is 16.3. The predicted octanol–water partition coefficient (Wildman–Crippen LogP) is 7.41. The van der Waals surface area contributed by atoms with Crippen LogP contribution in [0.15, 0.2) is 36.4 Å². The van der Waals surface area contributed by atoms with Gasteiger partial charge in [-0.05, 0) is 40.5 Å². The van der Waals surface area contributed by atoms with Crippen molar-refractivity contribution in [3.63, 3.8) is 0 Å². The van der Waals surface area contributed by atoms with Crippen LogP contribution in [0.3, 0.4) is 0 Å². The van der Waals surface area contributed by atoms with E-state index in [1.165, 1.54) is 0 Å². The Balaban J connectivity index is 2.78. The molecule has 0 atom stereocenters. The molecular formula is C26H38O2. The van der Waals surface area contributed by atoms with Crippen LogP contribution in [0.25, 0.3) is 0 Å². The molecule has 2 aromatic carbocycles. The first kappa shape index (κ1) is 22.3. The van der Waals surface area contributed by atoms with Gasteiger partial charge in [0.25, 0.3) is 0 Å². The first-order valence-electron chi connectivity index (χ1n) is 10.6. The second kappa shape index (κ2) is 8.59. The fourth-order valence-electron chi connectivity index (χ4n) is 4.18. The van der Waals surface area contributed by atoms with Gasteiger partial charge in [-0.3, -0.25) is 0 Å². The molecule has 0 bridgehead atoms. The van der Waals surface area contributed by atoms with E-state index in [0.29, 0.717) is 11.5 Å². The number of aromatic hydroxyl groups is 2. The van der Waals surface area contributed by atoms with Gasteiger partial charge in [0, 0.05) is 17.0 Å². The van der Waals surface area contributed by atoms with Gasteiger partial charge in [-0.2, -0.15) is 0 Å². The van der Waals surface area contributed by atoms with Crippen LogP contribution < -0.4 is 0 Å². The maximum Gasteiger partial charge on any atom is 0.119 e. The minimum atomic E-state index is -0.0939. The smallest absolute Gasteiger partial charge is 0.119 e. The standard InChI is InChI=1S/C26H38O2/c1-8-9-10-13-18(23-19(25(2,3)4)14-11-16-21(23)27)24-20(26(5,6)7)15-12-17-22(24)28/h11-12,14-18,27-28H,8-10,13H2,1-7H3. The van der Waals surface area contributed by atoms with Crippen LogP contribution in [0.1, 0.15) is 102 Å². The third kappa shape index (κ3) is 4.90. The van der Waals surface area contributed by atoms with E-state index < -0.39 is 0 Å². The topological polar surface area (TPSA) is 40.5 Å². The Morgan fingerprint density at radius 3 is 1.50 bits per heavy atom. The molecule has 2 aromatic rings. The van der Waals surface area contributed by atoms with E-state index in [9.17, 15) is 10.2 Å². The van der Waals surface area contributed by atoms with Gasteiger partial charge in [0.15, 0.2) is 0 Å².